The number of hydrogen-bond donors (Lipinski definition) is 1. The molecule has 10 nitrogen and oxygen atoms in total. The van der Waals surface area contributed by atoms with Crippen LogP contribution in [-0.2, 0) is 4.79 Å². The SMILES string of the molecule is Cc1ccc(-c2ccc(/C=C(\C#N)C(=O)Nc3ccc([N+](=O)[O-])cc3Cl)o2)c([N+](=O)[O-])c1. The van der Waals surface area contributed by atoms with E-state index in [0.717, 1.165) is 18.2 Å². The number of hydrogen-bond acceptors (Lipinski definition) is 7. The first-order valence-electron chi connectivity index (χ1n) is 8.92. The fourth-order valence-electron chi connectivity index (χ4n) is 2.78. The zero-order chi connectivity index (χ0) is 23.4. The number of furan rings is 1. The first kappa shape index (κ1) is 22.2. The van der Waals surface area contributed by atoms with E-state index in [0.29, 0.717) is 5.56 Å². The molecule has 1 N–H and O–H groups in total. The van der Waals surface area contributed by atoms with Crippen molar-refractivity contribution in [2.45, 2.75) is 6.92 Å². The topological polar surface area (TPSA) is 152 Å². The lowest BCUT2D eigenvalue weighted by Gasteiger charge is -2.06. The zero-order valence-electron chi connectivity index (χ0n) is 16.4. The van der Waals surface area contributed by atoms with Crippen LogP contribution in [0, 0.1) is 38.5 Å². The average molecular weight is 453 g/mol. The van der Waals surface area contributed by atoms with Crippen molar-refractivity contribution in [2.24, 2.45) is 0 Å². The van der Waals surface area contributed by atoms with Crippen LogP contribution in [0.4, 0.5) is 17.1 Å². The molecular formula is C21H13ClN4O6. The number of anilines is 1. The van der Waals surface area contributed by atoms with Gasteiger partial charge in [0, 0.05) is 24.3 Å². The van der Waals surface area contributed by atoms with Gasteiger partial charge in [0.15, 0.2) is 0 Å². The summed E-state index contributed by atoms with van der Waals surface area (Å²) in [6.07, 6.45) is 1.16. The van der Waals surface area contributed by atoms with Crippen LogP contribution in [0.2, 0.25) is 5.02 Å². The maximum Gasteiger partial charge on any atom is 0.280 e. The summed E-state index contributed by atoms with van der Waals surface area (Å²) in [5.41, 5.74) is 0.317. The number of aryl methyl sites for hydroxylation is 1. The summed E-state index contributed by atoms with van der Waals surface area (Å²) >= 11 is 5.95. The Morgan fingerprint density at radius 2 is 1.88 bits per heavy atom. The van der Waals surface area contributed by atoms with E-state index in [1.807, 2.05) is 0 Å². The molecule has 2 aromatic carbocycles. The van der Waals surface area contributed by atoms with Gasteiger partial charge in [-0.2, -0.15) is 5.26 Å². The van der Waals surface area contributed by atoms with Gasteiger partial charge in [-0.15, -0.1) is 0 Å². The molecule has 11 heteroatoms. The lowest BCUT2D eigenvalue weighted by molar-refractivity contribution is -0.384. The Labute approximate surface area is 185 Å². The average Bonchev–Trinajstić information content (AvgIpc) is 3.21. The van der Waals surface area contributed by atoms with Crippen molar-refractivity contribution in [3.8, 4) is 17.4 Å². The number of non-ortho nitro benzene ring substituents is 1. The first-order valence-corrected chi connectivity index (χ1v) is 9.29. The highest BCUT2D eigenvalue weighted by Gasteiger charge is 2.19. The molecule has 0 saturated heterocycles. The Balaban J connectivity index is 1.86. The van der Waals surface area contributed by atoms with Gasteiger partial charge in [0.2, 0.25) is 0 Å². The minimum atomic E-state index is -0.817. The summed E-state index contributed by atoms with van der Waals surface area (Å²) in [6, 6.07) is 12.8. The van der Waals surface area contributed by atoms with Gasteiger partial charge < -0.3 is 9.73 Å². The number of carbonyl (C=O) groups excluding carboxylic acids is 1. The number of carbonyl (C=O) groups is 1. The van der Waals surface area contributed by atoms with Crippen molar-refractivity contribution in [1.29, 1.82) is 5.26 Å². The van der Waals surface area contributed by atoms with Gasteiger partial charge in [0.05, 0.1) is 26.1 Å². The normalized spacial score (nSPS) is 11.0. The lowest BCUT2D eigenvalue weighted by atomic mass is 10.1. The van der Waals surface area contributed by atoms with Crippen LogP contribution in [0.5, 0.6) is 0 Å². The molecule has 0 aliphatic heterocycles. The molecule has 0 fully saturated rings. The van der Waals surface area contributed by atoms with E-state index >= 15 is 0 Å². The van der Waals surface area contributed by atoms with Crippen LogP contribution in [0.15, 0.2) is 58.5 Å². The van der Waals surface area contributed by atoms with Gasteiger partial charge >= 0.3 is 0 Å². The van der Waals surface area contributed by atoms with Crippen molar-refractivity contribution in [3.05, 3.63) is 90.7 Å². The fraction of sp³-hybridized carbons (Fsp3) is 0.0476. The van der Waals surface area contributed by atoms with Gasteiger partial charge in [-0.25, -0.2) is 0 Å². The monoisotopic (exact) mass is 452 g/mol. The van der Waals surface area contributed by atoms with Crippen molar-refractivity contribution in [3.63, 3.8) is 0 Å². The van der Waals surface area contributed by atoms with Crippen LogP contribution in [-0.4, -0.2) is 15.8 Å². The molecule has 0 bridgehead atoms. The second-order valence-corrected chi connectivity index (χ2v) is 6.93. The third-order valence-electron chi connectivity index (χ3n) is 4.31. The molecule has 3 rings (SSSR count). The highest BCUT2D eigenvalue weighted by atomic mass is 35.5. The third kappa shape index (κ3) is 4.80. The number of halogens is 1. The molecule has 1 amide bonds. The van der Waals surface area contributed by atoms with E-state index in [2.05, 4.69) is 5.32 Å². The number of nitrogens with zero attached hydrogens (tertiary/aromatic N) is 3. The quantitative estimate of drug-likeness (QED) is 0.231. The zero-order valence-corrected chi connectivity index (χ0v) is 17.1. The molecular weight excluding hydrogens is 440 g/mol. The summed E-state index contributed by atoms with van der Waals surface area (Å²) < 4.78 is 5.59. The van der Waals surface area contributed by atoms with E-state index in [1.165, 1.54) is 24.3 Å². The second kappa shape index (κ2) is 9.11. The van der Waals surface area contributed by atoms with Gasteiger partial charge in [-0.1, -0.05) is 17.7 Å². The molecule has 0 unspecified atom stereocenters. The number of nitro benzene ring substituents is 2. The first-order chi connectivity index (χ1) is 15.2. The van der Waals surface area contributed by atoms with E-state index < -0.39 is 15.8 Å². The maximum absolute atomic E-state index is 12.5. The minimum Gasteiger partial charge on any atom is -0.456 e. The van der Waals surface area contributed by atoms with Crippen molar-refractivity contribution in [1.82, 2.24) is 0 Å². The van der Waals surface area contributed by atoms with Crippen LogP contribution < -0.4 is 5.32 Å². The summed E-state index contributed by atoms with van der Waals surface area (Å²) in [5.74, 6) is -0.502. The Hall–Kier alpha value is -4.49. The molecule has 0 aliphatic rings. The number of rotatable bonds is 6. The lowest BCUT2D eigenvalue weighted by Crippen LogP contribution is -2.13. The molecule has 3 aromatic rings. The molecule has 0 aliphatic carbocycles. The number of benzene rings is 2. The molecule has 1 heterocycles. The van der Waals surface area contributed by atoms with Gasteiger partial charge in [0.25, 0.3) is 17.3 Å². The number of amides is 1. The Kier molecular flexibility index (Phi) is 6.32. The highest BCUT2D eigenvalue weighted by Crippen LogP contribution is 2.32. The Morgan fingerprint density at radius 3 is 2.50 bits per heavy atom. The molecule has 0 saturated carbocycles. The van der Waals surface area contributed by atoms with Crippen molar-refractivity contribution in [2.75, 3.05) is 5.32 Å². The number of nitriles is 1. The van der Waals surface area contributed by atoms with Crippen LogP contribution in [0.1, 0.15) is 11.3 Å². The van der Waals surface area contributed by atoms with Crippen LogP contribution in [0.25, 0.3) is 17.4 Å². The largest absolute Gasteiger partial charge is 0.456 e. The fourth-order valence-corrected chi connectivity index (χ4v) is 3.00. The van der Waals surface area contributed by atoms with E-state index in [1.54, 1.807) is 25.1 Å². The molecule has 160 valence electrons. The summed E-state index contributed by atoms with van der Waals surface area (Å²) in [5, 5.41) is 33.8. The number of nitro groups is 2. The molecule has 0 radical (unpaired) electrons. The smallest absolute Gasteiger partial charge is 0.280 e. The van der Waals surface area contributed by atoms with E-state index in [-0.39, 0.29) is 44.7 Å². The van der Waals surface area contributed by atoms with E-state index in [9.17, 15) is 30.3 Å². The van der Waals surface area contributed by atoms with Gasteiger partial charge in [-0.05, 0) is 36.8 Å². The van der Waals surface area contributed by atoms with Crippen molar-refractivity contribution >= 4 is 40.6 Å². The van der Waals surface area contributed by atoms with E-state index in [4.69, 9.17) is 16.0 Å². The molecule has 0 spiro atoms. The second-order valence-electron chi connectivity index (χ2n) is 6.52. The Morgan fingerprint density at radius 1 is 1.12 bits per heavy atom. The van der Waals surface area contributed by atoms with Crippen LogP contribution in [0.3, 0.4) is 0 Å². The summed E-state index contributed by atoms with van der Waals surface area (Å²) in [4.78, 5) is 33.4. The molecule has 32 heavy (non-hydrogen) atoms. The molecule has 1 aromatic heterocycles. The summed E-state index contributed by atoms with van der Waals surface area (Å²) in [7, 11) is 0. The van der Waals surface area contributed by atoms with Gasteiger partial charge in [-0.3, -0.25) is 25.0 Å². The van der Waals surface area contributed by atoms with Gasteiger partial charge in [0.1, 0.15) is 23.2 Å². The predicted molar refractivity (Wildman–Crippen MR) is 116 cm³/mol. The summed E-state index contributed by atoms with van der Waals surface area (Å²) in [6.45, 7) is 1.72. The van der Waals surface area contributed by atoms with Crippen molar-refractivity contribution < 1.29 is 19.1 Å². The standard InChI is InChI=1S/C21H13ClN4O6/c1-12-2-5-16(19(8-12)26(30)31)20-7-4-15(32-20)9-13(11-23)21(27)24-18-6-3-14(25(28)29)10-17(18)22/h2-10H,1H3,(H,24,27)/b13-9+. The maximum atomic E-state index is 12.5. The predicted octanol–water partition coefficient (Wildman–Crippen LogP) is 5.27. The number of nitrogens with one attached hydrogen (secondary N) is 1. The Bertz CT molecular complexity index is 1320. The van der Waals surface area contributed by atoms with Crippen LogP contribution >= 0.6 is 11.6 Å². The third-order valence-corrected chi connectivity index (χ3v) is 4.62. The molecule has 0 atom stereocenters. The highest BCUT2D eigenvalue weighted by molar-refractivity contribution is 6.34. The minimum absolute atomic E-state index is 0.0724.